The van der Waals surface area contributed by atoms with Gasteiger partial charge in [0.25, 0.3) is 0 Å². The largest absolute Gasteiger partial charge is 0.744 e. The van der Waals surface area contributed by atoms with E-state index in [4.69, 9.17) is 5.73 Å². The van der Waals surface area contributed by atoms with Crippen molar-refractivity contribution >= 4 is 15.8 Å². The van der Waals surface area contributed by atoms with E-state index < -0.39 is 26.8 Å². The maximum absolute atomic E-state index is 12.3. The predicted molar refractivity (Wildman–Crippen MR) is 43.8 cm³/mol. The first-order valence-electron chi connectivity index (χ1n) is 3.55. The van der Waals surface area contributed by atoms with Crippen molar-refractivity contribution < 1.29 is 26.1 Å². The van der Waals surface area contributed by atoms with Crippen molar-refractivity contribution in [3.8, 4) is 0 Å². The van der Waals surface area contributed by atoms with Crippen LogP contribution in [0.3, 0.4) is 0 Å². The predicted octanol–water partition coefficient (Wildman–Crippen LogP) is 1.19. The molecule has 0 saturated carbocycles. The Morgan fingerprint density at radius 3 is 2.20 bits per heavy atom. The van der Waals surface area contributed by atoms with Gasteiger partial charge in [-0.25, -0.2) is 8.42 Å². The first-order valence-corrected chi connectivity index (χ1v) is 4.96. The lowest BCUT2D eigenvalue weighted by Gasteiger charge is -2.15. The van der Waals surface area contributed by atoms with Crippen LogP contribution in [0.15, 0.2) is 23.1 Å². The third kappa shape index (κ3) is 2.60. The van der Waals surface area contributed by atoms with Gasteiger partial charge in [-0.15, -0.1) is 0 Å². The third-order valence-corrected chi connectivity index (χ3v) is 2.47. The highest BCUT2D eigenvalue weighted by atomic mass is 32.2. The zero-order valence-electron chi connectivity index (χ0n) is 7.08. The van der Waals surface area contributed by atoms with E-state index in [2.05, 4.69) is 0 Å². The number of halogens is 3. The number of hydrogen-bond donors (Lipinski definition) is 1. The lowest BCUT2D eigenvalue weighted by atomic mass is 10.2. The maximum Gasteiger partial charge on any atom is 0.417 e. The van der Waals surface area contributed by atoms with E-state index in [1.807, 2.05) is 0 Å². The van der Waals surface area contributed by atoms with Crippen molar-refractivity contribution in [1.82, 2.24) is 0 Å². The Kier molecular flexibility index (Phi) is 2.66. The number of benzene rings is 1. The highest BCUT2D eigenvalue weighted by molar-refractivity contribution is 7.85. The van der Waals surface area contributed by atoms with Gasteiger partial charge in [-0.05, 0) is 18.2 Å². The minimum Gasteiger partial charge on any atom is -0.744 e. The molecule has 15 heavy (non-hydrogen) atoms. The fourth-order valence-corrected chi connectivity index (χ4v) is 1.67. The standard InChI is InChI=1S/C7H6F3NO3S/c8-7(9,10)5-3-4(11)1-2-6(5)15(12,13)14/h1-3H,11H2,(H,12,13,14)/p-1. The van der Waals surface area contributed by atoms with Gasteiger partial charge in [-0.2, -0.15) is 13.2 Å². The average Bonchev–Trinajstić information content (AvgIpc) is 2.00. The molecule has 2 N–H and O–H groups in total. The molecule has 4 nitrogen and oxygen atoms in total. The fraction of sp³-hybridized carbons (Fsp3) is 0.143. The maximum atomic E-state index is 12.3. The van der Waals surface area contributed by atoms with Gasteiger partial charge >= 0.3 is 6.18 Å². The first kappa shape index (κ1) is 11.8. The molecule has 1 aromatic rings. The highest BCUT2D eigenvalue weighted by Gasteiger charge is 2.35. The molecule has 0 amide bonds. The number of anilines is 1. The van der Waals surface area contributed by atoms with E-state index >= 15 is 0 Å². The molecule has 0 bridgehead atoms. The Morgan fingerprint density at radius 2 is 1.80 bits per heavy atom. The van der Waals surface area contributed by atoms with Crippen LogP contribution in [0.5, 0.6) is 0 Å². The molecule has 0 unspecified atom stereocenters. The molecule has 8 heteroatoms. The monoisotopic (exact) mass is 240 g/mol. The molecule has 0 atom stereocenters. The number of nitrogens with two attached hydrogens (primary N) is 1. The molecule has 0 radical (unpaired) electrons. The Labute approximate surface area is 83.3 Å². The van der Waals surface area contributed by atoms with E-state index in [9.17, 15) is 26.1 Å². The highest BCUT2D eigenvalue weighted by Crippen LogP contribution is 2.35. The Morgan fingerprint density at radius 1 is 1.27 bits per heavy atom. The Hall–Kier alpha value is -1.28. The van der Waals surface area contributed by atoms with E-state index in [0.29, 0.717) is 12.1 Å². The van der Waals surface area contributed by atoms with E-state index in [1.165, 1.54) is 0 Å². The average molecular weight is 240 g/mol. The van der Waals surface area contributed by atoms with E-state index in [0.717, 1.165) is 6.07 Å². The van der Waals surface area contributed by atoms with Gasteiger partial charge in [-0.3, -0.25) is 0 Å². The van der Waals surface area contributed by atoms with Gasteiger partial charge in [0.15, 0.2) is 0 Å². The summed E-state index contributed by atoms with van der Waals surface area (Å²) in [7, 11) is -5.16. The van der Waals surface area contributed by atoms with Gasteiger partial charge in [-0.1, -0.05) is 0 Å². The van der Waals surface area contributed by atoms with Crippen LogP contribution >= 0.6 is 0 Å². The van der Waals surface area contributed by atoms with Crippen molar-refractivity contribution in [2.75, 3.05) is 5.73 Å². The van der Waals surface area contributed by atoms with Crippen molar-refractivity contribution in [3.63, 3.8) is 0 Å². The fourth-order valence-electron chi connectivity index (χ4n) is 0.987. The molecule has 0 aliphatic heterocycles. The molecule has 0 fully saturated rings. The molecule has 84 valence electrons. The van der Waals surface area contributed by atoms with Crippen LogP contribution < -0.4 is 5.73 Å². The second-order valence-electron chi connectivity index (χ2n) is 2.71. The minimum atomic E-state index is -5.16. The molecule has 0 spiro atoms. The second-order valence-corrected chi connectivity index (χ2v) is 4.06. The van der Waals surface area contributed by atoms with Crippen LogP contribution in [0.25, 0.3) is 0 Å². The zero-order chi connectivity index (χ0) is 11.9. The minimum absolute atomic E-state index is 0.269. The number of hydrogen-bond acceptors (Lipinski definition) is 4. The normalized spacial score (nSPS) is 12.8. The van der Waals surface area contributed by atoms with Gasteiger partial charge in [0, 0.05) is 5.69 Å². The Bertz CT molecular complexity index is 481. The lowest BCUT2D eigenvalue weighted by molar-refractivity contribution is -0.139. The SMILES string of the molecule is Nc1ccc(S(=O)(=O)[O-])c(C(F)(F)F)c1. The summed E-state index contributed by atoms with van der Waals surface area (Å²) in [6.45, 7) is 0. The van der Waals surface area contributed by atoms with Gasteiger partial charge < -0.3 is 10.3 Å². The van der Waals surface area contributed by atoms with Crippen molar-refractivity contribution in [1.29, 1.82) is 0 Å². The lowest BCUT2D eigenvalue weighted by Crippen LogP contribution is -2.13. The summed E-state index contributed by atoms with van der Waals surface area (Å²) in [6.07, 6.45) is -4.93. The summed E-state index contributed by atoms with van der Waals surface area (Å²) in [5, 5.41) is 0. The third-order valence-electron chi connectivity index (χ3n) is 1.58. The summed E-state index contributed by atoms with van der Waals surface area (Å²) >= 11 is 0. The molecule has 0 heterocycles. The van der Waals surface area contributed by atoms with E-state index in [1.54, 1.807) is 0 Å². The summed E-state index contributed by atoms with van der Waals surface area (Å²) < 4.78 is 68.4. The summed E-state index contributed by atoms with van der Waals surface area (Å²) in [5.41, 5.74) is 3.26. The van der Waals surface area contributed by atoms with Crippen molar-refractivity contribution in [3.05, 3.63) is 23.8 Å². The summed E-state index contributed by atoms with van der Waals surface area (Å²) in [5.74, 6) is 0. The zero-order valence-corrected chi connectivity index (χ0v) is 7.89. The van der Waals surface area contributed by atoms with Crippen LogP contribution in [0.2, 0.25) is 0 Å². The number of alkyl halides is 3. The molecular weight excluding hydrogens is 235 g/mol. The Balaban J connectivity index is 3.55. The smallest absolute Gasteiger partial charge is 0.417 e. The molecular formula is C7H5F3NO3S-. The van der Waals surface area contributed by atoms with Crippen LogP contribution in [0.4, 0.5) is 18.9 Å². The van der Waals surface area contributed by atoms with Gasteiger partial charge in [0.05, 0.1) is 10.5 Å². The number of rotatable bonds is 1. The molecule has 0 aliphatic carbocycles. The molecule has 1 rings (SSSR count). The van der Waals surface area contributed by atoms with Crippen LogP contribution in [-0.4, -0.2) is 13.0 Å². The summed E-state index contributed by atoms with van der Waals surface area (Å²) in [4.78, 5) is -1.32. The van der Waals surface area contributed by atoms with Gasteiger partial charge in [0.2, 0.25) is 0 Å². The van der Waals surface area contributed by atoms with Crippen LogP contribution in [0.1, 0.15) is 5.56 Å². The molecule has 1 aromatic carbocycles. The first-order chi connectivity index (χ1) is 6.62. The topological polar surface area (TPSA) is 83.2 Å². The quantitative estimate of drug-likeness (QED) is 0.590. The van der Waals surface area contributed by atoms with Crippen LogP contribution in [0, 0.1) is 0 Å². The molecule has 0 aromatic heterocycles. The molecule has 0 aliphatic rings. The van der Waals surface area contributed by atoms with Crippen molar-refractivity contribution in [2.45, 2.75) is 11.1 Å². The second kappa shape index (κ2) is 3.38. The van der Waals surface area contributed by atoms with Crippen LogP contribution in [-0.2, 0) is 16.3 Å². The van der Waals surface area contributed by atoms with Gasteiger partial charge in [0.1, 0.15) is 10.1 Å². The van der Waals surface area contributed by atoms with Crippen molar-refractivity contribution in [2.24, 2.45) is 0 Å². The molecule has 0 saturated heterocycles. The summed E-state index contributed by atoms with van der Waals surface area (Å²) in [6, 6.07) is 1.87. The number of nitrogen functional groups attached to an aromatic ring is 1. The van der Waals surface area contributed by atoms with E-state index in [-0.39, 0.29) is 5.69 Å².